The van der Waals surface area contributed by atoms with Gasteiger partial charge in [0.1, 0.15) is 11.5 Å². The highest BCUT2D eigenvalue weighted by Crippen LogP contribution is 2.31. The van der Waals surface area contributed by atoms with Gasteiger partial charge >= 0.3 is 0 Å². The van der Waals surface area contributed by atoms with Crippen molar-refractivity contribution in [1.29, 1.82) is 0 Å². The van der Waals surface area contributed by atoms with Crippen LogP contribution in [0.15, 0.2) is 59.1 Å². The van der Waals surface area contributed by atoms with Gasteiger partial charge in [0.15, 0.2) is 5.76 Å². The molecule has 4 nitrogen and oxygen atoms in total. The van der Waals surface area contributed by atoms with Crippen molar-refractivity contribution in [2.24, 2.45) is 0 Å². The van der Waals surface area contributed by atoms with Crippen LogP contribution in [0.1, 0.15) is 0 Å². The van der Waals surface area contributed by atoms with Gasteiger partial charge in [0.05, 0.1) is 18.9 Å². The maximum Gasteiger partial charge on any atom is 0.230 e. The second-order valence-electron chi connectivity index (χ2n) is 4.28. The SMILES string of the molecule is COc1ccc(-c2cnc(-c3ccccc3O)o2)cc1. The van der Waals surface area contributed by atoms with Gasteiger partial charge in [-0.25, -0.2) is 4.98 Å². The van der Waals surface area contributed by atoms with Crippen LogP contribution in [0.4, 0.5) is 0 Å². The highest BCUT2D eigenvalue weighted by molar-refractivity contribution is 5.65. The quantitative estimate of drug-likeness (QED) is 0.785. The third-order valence-electron chi connectivity index (χ3n) is 3.01. The Morgan fingerprint density at radius 3 is 2.50 bits per heavy atom. The molecule has 0 saturated carbocycles. The molecular weight excluding hydrogens is 254 g/mol. The van der Waals surface area contributed by atoms with Gasteiger partial charge in [0.25, 0.3) is 0 Å². The van der Waals surface area contributed by atoms with Crippen molar-refractivity contribution in [2.75, 3.05) is 7.11 Å². The maximum atomic E-state index is 9.80. The van der Waals surface area contributed by atoms with E-state index in [1.165, 1.54) is 0 Å². The maximum absolute atomic E-state index is 9.80. The monoisotopic (exact) mass is 267 g/mol. The van der Waals surface area contributed by atoms with E-state index in [9.17, 15) is 5.11 Å². The molecule has 0 unspecified atom stereocenters. The summed E-state index contributed by atoms with van der Waals surface area (Å²) in [5.74, 6) is 1.98. The van der Waals surface area contributed by atoms with Crippen molar-refractivity contribution in [1.82, 2.24) is 4.98 Å². The topological polar surface area (TPSA) is 55.5 Å². The van der Waals surface area contributed by atoms with Crippen LogP contribution in [0, 0.1) is 0 Å². The second kappa shape index (κ2) is 5.09. The van der Waals surface area contributed by atoms with E-state index in [2.05, 4.69) is 4.98 Å². The Hall–Kier alpha value is -2.75. The number of methoxy groups -OCH3 is 1. The fraction of sp³-hybridized carbons (Fsp3) is 0.0625. The Labute approximate surface area is 116 Å². The Morgan fingerprint density at radius 1 is 1.05 bits per heavy atom. The van der Waals surface area contributed by atoms with Gasteiger partial charge in [0.2, 0.25) is 5.89 Å². The summed E-state index contributed by atoms with van der Waals surface area (Å²) in [6, 6.07) is 14.5. The molecular formula is C16H13NO3. The highest BCUT2D eigenvalue weighted by atomic mass is 16.5. The number of aromatic nitrogens is 1. The minimum absolute atomic E-state index is 0.149. The highest BCUT2D eigenvalue weighted by Gasteiger charge is 2.11. The Kier molecular flexibility index (Phi) is 3.13. The summed E-state index contributed by atoms with van der Waals surface area (Å²) in [5.41, 5.74) is 1.48. The van der Waals surface area contributed by atoms with Crippen LogP contribution in [-0.4, -0.2) is 17.2 Å². The third-order valence-corrected chi connectivity index (χ3v) is 3.01. The van der Waals surface area contributed by atoms with E-state index in [0.29, 0.717) is 17.2 Å². The number of phenols is 1. The number of benzene rings is 2. The molecule has 0 saturated heterocycles. The summed E-state index contributed by atoms with van der Waals surface area (Å²) in [4.78, 5) is 4.21. The number of nitrogens with zero attached hydrogens (tertiary/aromatic N) is 1. The molecule has 3 aromatic rings. The number of para-hydroxylation sites is 1. The van der Waals surface area contributed by atoms with E-state index >= 15 is 0 Å². The number of aromatic hydroxyl groups is 1. The summed E-state index contributed by atoms with van der Waals surface area (Å²) >= 11 is 0. The van der Waals surface area contributed by atoms with Crippen molar-refractivity contribution in [3.63, 3.8) is 0 Å². The lowest BCUT2D eigenvalue weighted by atomic mass is 10.2. The zero-order chi connectivity index (χ0) is 13.9. The predicted octanol–water partition coefficient (Wildman–Crippen LogP) is 3.72. The standard InChI is InChI=1S/C16H13NO3/c1-19-12-8-6-11(7-9-12)15-10-17-16(20-15)13-4-2-3-5-14(13)18/h2-10,18H,1H3. The van der Waals surface area contributed by atoms with Gasteiger partial charge in [0, 0.05) is 5.56 Å². The van der Waals surface area contributed by atoms with E-state index in [4.69, 9.17) is 9.15 Å². The number of hydrogen-bond acceptors (Lipinski definition) is 4. The minimum Gasteiger partial charge on any atom is -0.507 e. The fourth-order valence-corrected chi connectivity index (χ4v) is 1.94. The van der Waals surface area contributed by atoms with Crippen molar-refractivity contribution >= 4 is 0 Å². The van der Waals surface area contributed by atoms with Gasteiger partial charge in [-0.1, -0.05) is 12.1 Å². The molecule has 0 aliphatic rings. The third kappa shape index (κ3) is 2.23. The lowest BCUT2D eigenvalue weighted by molar-refractivity contribution is 0.415. The molecule has 0 spiro atoms. The molecule has 0 aliphatic heterocycles. The van der Waals surface area contributed by atoms with E-state index < -0.39 is 0 Å². The average molecular weight is 267 g/mol. The summed E-state index contributed by atoms with van der Waals surface area (Å²) in [7, 11) is 1.62. The molecule has 3 rings (SSSR count). The number of hydrogen-bond donors (Lipinski definition) is 1. The van der Waals surface area contributed by atoms with Crippen LogP contribution < -0.4 is 4.74 Å². The van der Waals surface area contributed by atoms with Crippen LogP contribution in [0.3, 0.4) is 0 Å². The van der Waals surface area contributed by atoms with Crippen LogP contribution in [-0.2, 0) is 0 Å². The number of ether oxygens (including phenoxy) is 1. The molecule has 0 amide bonds. The first kappa shape index (κ1) is 12.3. The van der Waals surface area contributed by atoms with Crippen molar-refractivity contribution in [3.8, 4) is 34.3 Å². The zero-order valence-electron chi connectivity index (χ0n) is 10.9. The molecule has 100 valence electrons. The molecule has 20 heavy (non-hydrogen) atoms. The molecule has 2 aromatic carbocycles. The van der Waals surface area contributed by atoms with E-state index in [-0.39, 0.29) is 5.75 Å². The molecule has 0 bridgehead atoms. The first-order valence-electron chi connectivity index (χ1n) is 6.16. The first-order valence-corrected chi connectivity index (χ1v) is 6.16. The molecule has 0 aliphatic carbocycles. The molecule has 1 heterocycles. The second-order valence-corrected chi connectivity index (χ2v) is 4.28. The molecule has 0 radical (unpaired) electrons. The lowest BCUT2D eigenvalue weighted by Gasteiger charge is -2.01. The van der Waals surface area contributed by atoms with Gasteiger partial charge in [-0.3, -0.25) is 0 Å². The van der Waals surface area contributed by atoms with Crippen LogP contribution in [0.2, 0.25) is 0 Å². The van der Waals surface area contributed by atoms with E-state index in [0.717, 1.165) is 11.3 Å². The molecule has 1 N–H and O–H groups in total. The van der Waals surface area contributed by atoms with E-state index in [1.54, 1.807) is 31.5 Å². The van der Waals surface area contributed by atoms with Crippen molar-refractivity contribution in [3.05, 3.63) is 54.7 Å². The normalized spacial score (nSPS) is 10.4. The molecule has 0 fully saturated rings. The average Bonchev–Trinajstić information content (AvgIpc) is 2.97. The summed E-state index contributed by atoms with van der Waals surface area (Å²) in [5, 5.41) is 9.80. The van der Waals surface area contributed by atoms with Gasteiger partial charge < -0.3 is 14.3 Å². The van der Waals surface area contributed by atoms with Gasteiger partial charge in [-0.15, -0.1) is 0 Å². The molecule has 4 heteroatoms. The zero-order valence-corrected chi connectivity index (χ0v) is 10.9. The smallest absolute Gasteiger partial charge is 0.230 e. The summed E-state index contributed by atoms with van der Waals surface area (Å²) in [6.07, 6.45) is 1.64. The minimum atomic E-state index is 0.149. The molecule has 1 aromatic heterocycles. The van der Waals surface area contributed by atoms with Gasteiger partial charge in [-0.05, 0) is 36.4 Å². The Morgan fingerprint density at radius 2 is 1.80 bits per heavy atom. The van der Waals surface area contributed by atoms with Crippen LogP contribution in [0.25, 0.3) is 22.8 Å². The van der Waals surface area contributed by atoms with Gasteiger partial charge in [-0.2, -0.15) is 0 Å². The number of rotatable bonds is 3. The largest absolute Gasteiger partial charge is 0.507 e. The van der Waals surface area contributed by atoms with Crippen molar-refractivity contribution in [2.45, 2.75) is 0 Å². The summed E-state index contributed by atoms with van der Waals surface area (Å²) < 4.78 is 10.8. The van der Waals surface area contributed by atoms with Crippen LogP contribution >= 0.6 is 0 Å². The fourth-order valence-electron chi connectivity index (χ4n) is 1.94. The Balaban J connectivity index is 1.95. The van der Waals surface area contributed by atoms with Crippen LogP contribution in [0.5, 0.6) is 11.5 Å². The number of phenolic OH excluding ortho intramolecular Hbond substituents is 1. The first-order chi connectivity index (χ1) is 9.78. The lowest BCUT2D eigenvalue weighted by Crippen LogP contribution is -1.81. The Bertz CT molecular complexity index is 717. The number of oxazole rings is 1. The van der Waals surface area contributed by atoms with E-state index in [1.807, 2.05) is 30.3 Å². The predicted molar refractivity (Wildman–Crippen MR) is 75.6 cm³/mol. The molecule has 0 atom stereocenters. The summed E-state index contributed by atoms with van der Waals surface area (Å²) in [6.45, 7) is 0. The van der Waals surface area contributed by atoms with Crippen molar-refractivity contribution < 1.29 is 14.3 Å².